The molecule has 1 aromatic carbocycles. The average molecular weight is 366 g/mol. The fourth-order valence-corrected chi connectivity index (χ4v) is 2.66. The summed E-state index contributed by atoms with van der Waals surface area (Å²) < 4.78 is 10.7. The summed E-state index contributed by atoms with van der Waals surface area (Å²) in [6.45, 7) is 0.854. The van der Waals surface area contributed by atoms with Crippen molar-refractivity contribution in [3.8, 4) is 0 Å². The van der Waals surface area contributed by atoms with Crippen LogP contribution in [0, 0.1) is 0 Å². The van der Waals surface area contributed by atoms with Gasteiger partial charge in [0.15, 0.2) is 5.82 Å². The molecule has 138 valence electrons. The van der Waals surface area contributed by atoms with Gasteiger partial charge in [0.1, 0.15) is 6.10 Å². The Hall–Kier alpha value is -3.33. The second-order valence-electron chi connectivity index (χ2n) is 6.02. The van der Waals surface area contributed by atoms with E-state index in [4.69, 9.17) is 9.26 Å². The van der Waals surface area contributed by atoms with E-state index >= 15 is 0 Å². The van der Waals surface area contributed by atoms with Gasteiger partial charge in [-0.15, -0.1) is 0 Å². The van der Waals surface area contributed by atoms with E-state index in [-0.39, 0.29) is 18.6 Å². The Morgan fingerprint density at radius 1 is 1.19 bits per heavy atom. The van der Waals surface area contributed by atoms with Crippen molar-refractivity contribution < 1.29 is 14.1 Å². The number of ether oxygens (including phenoxy) is 1. The van der Waals surface area contributed by atoms with Crippen LogP contribution in [-0.4, -0.2) is 32.6 Å². The lowest BCUT2D eigenvalue weighted by Crippen LogP contribution is -2.23. The van der Waals surface area contributed by atoms with Crippen molar-refractivity contribution in [3.05, 3.63) is 60.0 Å². The molecule has 3 heterocycles. The van der Waals surface area contributed by atoms with Gasteiger partial charge in [0.25, 0.3) is 11.8 Å². The first-order chi connectivity index (χ1) is 13.3. The van der Waals surface area contributed by atoms with Gasteiger partial charge in [-0.05, 0) is 25.0 Å². The maximum atomic E-state index is 12.2. The summed E-state index contributed by atoms with van der Waals surface area (Å²) in [7, 11) is 0. The van der Waals surface area contributed by atoms with Gasteiger partial charge in [0.2, 0.25) is 5.95 Å². The number of anilines is 2. The van der Waals surface area contributed by atoms with Crippen LogP contribution in [0.3, 0.4) is 0 Å². The number of carbonyl (C=O) groups is 1. The molecule has 2 N–H and O–H groups in total. The fourth-order valence-electron chi connectivity index (χ4n) is 2.66. The molecule has 0 aliphatic carbocycles. The number of benzene rings is 1. The molecule has 0 bridgehead atoms. The van der Waals surface area contributed by atoms with Crippen molar-refractivity contribution >= 4 is 17.5 Å². The molecular formula is C18H18N6O3. The van der Waals surface area contributed by atoms with Crippen molar-refractivity contribution in [2.45, 2.75) is 25.5 Å². The summed E-state index contributed by atoms with van der Waals surface area (Å²) in [5, 5.41) is 9.65. The summed E-state index contributed by atoms with van der Waals surface area (Å²) in [5.74, 6) is 0.954. The Morgan fingerprint density at radius 2 is 2.00 bits per heavy atom. The lowest BCUT2D eigenvalue weighted by molar-refractivity contribution is 0.0835. The predicted octanol–water partition coefficient (Wildman–Crippen LogP) is 2.38. The zero-order valence-corrected chi connectivity index (χ0v) is 14.5. The number of amides is 1. The zero-order chi connectivity index (χ0) is 18.5. The number of carbonyl (C=O) groups excluding carboxylic acids is 1. The van der Waals surface area contributed by atoms with E-state index in [9.17, 15) is 4.79 Å². The van der Waals surface area contributed by atoms with E-state index < -0.39 is 0 Å². The quantitative estimate of drug-likeness (QED) is 0.683. The van der Waals surface area contributed by atoms with E-state index in [0.29, 0.717) is 29.8 Å². The molecule has 1 unspecified atom stereocenters. The zero-order valence-electron chi connectivity index (χ0n) is 14.5. The second kappa shape index (κ2) is 7.92. The summed E-state index contributed by atoms with van der Waals surface area (Å²) >= 11 is 0. The summed E-state index contributed by atoms with van der Waals surface area (Å²) in [4.78, 5) is 24.8. The number of nitrogens with one attached hydrogen (secondary N) is 2. The Labute approximate surface area is 155 Å². The minimum atomic E-state index is -0.315. The molecule has 27 heavy (non-hydrogen) atoms. The maximum absolute atomic E-state index is 12.2. The van der Waals surface area contributed by atoms with Crippen LogP contribution in [-0.2, 0) is 11.3 Å². The molecule has 1 fully saturated rings. The highest BCUT2D eigenvalue weighted by Gasteiger charge is 2.23. The molecule has 4 rings (SSSR count). The van der Waals surface area contributed by atoms with E-state index in [2.05, 4.69) is 30.7 Å². The van der Waals surface area contributed by atoms with Crippen LogP contribution < -0.4 is 10.6 Å². The first-order valence-corrected chi connectivity index (χ1v) is 8.64. The van der Waals surface area contributed by atoms with E-state index in [0.717, 1.165) is 18.5 Å². The van der Waals surface area contributed by atoms with Crippen molar-refractivity contribution in [3.63, 3.8) is 0 Å². The van der Waals surface area contributed by atoms with Crippen molar-refractivity contribution in [1.29, 1.82) is 0 Å². The van der Waals surface area contributed by atoms with Crippen LogP contribution in [0.25, 0.3) is 0 Å². The van der Waals surface area contributed by atoms with Crippen LogP contribution in [0.1, 0.15) is 41.0 Å². The first-order valence-electron chi connectivity index (χ1n) is 8.64. The Balaban J connectivity index is 1.31. The van der Waals surface area contributed by atoms with Gasteiger partial charge < -0.3 is 19.9 Å². The fraction of sp³-hybridized carbons (Fsp3) is 0.278. The molecule has 0 radical (unpaired) electrons. The van der Waals surface area contributed by atoms with Crippen molar-refractivity contribution in [2.24, 2.45) is 0 Å². The molecule has 2 aromatic heterocycles. The predicted molar refractivity (Wildman–Crippen MR) is 95.2 cm³/mol. The summed E-state index contributed by atoms with van der Waals surface area (Å²) in [6, 6.07) is 9.55. The third-order valence-corrected chi connectivity index (χ3v) is 4.04. The van der Waals surface area contributed by atoms with Gasteiger partial charge in [0, 0.05) is 24.7 Å². The second-order valence-corrected chi connectivity index (χ2v) is 6.02. The number of nitrogens with zero attached hydrogens (tertiary/aromatic N) is 4. The molecule has 1 aliphatic rings. The van der Waals surface area contributed by atoms with Gasteiger partial charge in [-0.2, -0.15) is 4.98 Å². The Bertz CT molecular complexity index is 891. The standard InChI is InChI=1S/C18H18N6O3/c25-16(19-11-15-23-17(27-24-15)14-7-4-8-26-14)12-9-20-18(21-10-12)22-13-5-2-1-3-6-13/h1-3,5-6,9-10,14H,4,7-8,11H2,(H,19,25)(H,20,21,22). The Kier molecular flexibility index (Phi) is 5.01. The SMILES string of the molecule is O=C(NCc1noc(C2CCCO2)n1)c1cnc(Nc2ccccc2)nc1. The molecule has 3 aromatic rings. The minimum absolute atomic E-state index is 0.139. The highest BCUT2D eigenvalue weighted by molar-refractivity contribution is 5.93. The van der Waals surface area contributed by atoms with Crippen LogP contribution in [0.2, 0.25) is 0 Å². The lowest BCUT2D eigenvalue weighted by Gasteiger charge is -2.05. The van der Waals surface area contributed by atoms with E-state index in [1.165, 1.54) is 12.4 Å². The summed E-state index contributed by atoms with van der Waals surface area (Å²) in [6.07, 6.45) is 4.63. The molecule has 1 amide bonds. The van der Waals surface area contributed by atoms with Crippen molar-refractivity contribution in [2.75, 3.05) is 11.9 Å². The molecular weight excluding hydrogens is 348 g/mol. The van der Waals surface area contributed by atoms with Gasteiger partial charge in [-0.3, -0.25) is 4.79 Å². The molecule has 1 atom stereocenters. The van der Waals surface area contributed by atoms with Gasteiger partial charge >= 0.3 is 0 Å². The van der Waals surface area contributed by atoms with Crippen LogP contribution in [0.4, 0.5) is 11.6 Å². The number of para-hydroxylation sites is 1. The third-order valence-electron chi connectivity index (χ3n) is 4.04. The van der Waals surface area contributed by atoms with Gasteiger partial charge in [0.05, 0.1) is 12.1 Å². The van der Waals surface area contributed by atoms with Gasteiger partial charge in [-0.1, -0.05) is 23.4 Å². The molecule has 1 aliphatic heterocycles. The number of hydrogen-bond donors (Lipinski definition) is 2. The van der Waals surface area contributed by atoms with Crippen molar-refractivity contribution in [1.82, 2.24) is 25.4 Å². The van der Waals surface area contributed by atoms with E-state index in [1.807, 2.05) is 30.3 Å². The minimum Gasteiger partial charge on any atom is -0.368 e. The first kappa shape index (κ1) is 17.1. The summed E-state index contributed by atoms with van der Waals surface area (Å²) in [5.41, 5.74) is 1.21. The maximum Gasteiger partial charge on any atom is 0.255 e. The molecule has 0 spiro atoms. The highest BCUT2D eigenvalue weighted by Crippen LogP contribution is 2.26. The normalized spacial score (nSPS) is 16.2. The molecule has 0 saturated carbocycles. The van der Waals surface area contributed by atoms with Crippen LogP contribution in [0.15, 0.2) is 47.2 Å². The number of hydrogen-bond acceptors (Lipinski definition) is 8. The lowest BCUT2D eigenvalue weighted by atomic mass is 10.2. The smallest absolute Gasteiger partial charge is 0.255 e. The molecule has 1 saturated heterocycles. The topological polar surface area (TPSA) is 115 Å². The third kappa shape index (κ3) is 4.26. The van der Waals surface area contributed by atoms with Crippen LogP contribution in [0.5, 0.6) is 0 Å². The molecule has 9 heteroatoms. The van der Waals surface area contributed by atoms with E-state index in [1.54, 1.807) is 0 Å². The monoisotopic (exact) mass is 366 g/mol. The largest absolute Gasteiger partial charge is 0.368 e. The number of rotatable bonds is 6. The number of aromatic nitrogens is 4. The highest BCUT2D eigenvalue weighted by atomic mass is 16.5. The van der Waals surface area contributed by atoms with Crippen LogP contribution >= 0.6 is 0 Å². The molecule has 9 nitrogen and oxygen atoms in total. The average Bonchev–Trinajstić information content (AvgIpc) is 3.39. The van der Waals surface area contributed by atoms with Gasteiger partial charge in [-0.25, -0.2) is 9.97 Å². The Morgan fingerprint density at radius 3 is 2.74 bits per heavy atom.